The third kappa shape index (κ3) is 4.45. The van der Waals surface area contributed by atoms with E-state index in [1.807, 2.05) is 22.7 Å². The number of fused-ring (bicyclic) bond motifs is 9. The predicted molar refractivity (Wildman–Crippen MR) is 223 cm³/mol. The Hall–Kier alpha value is -6.00. The fraction of sp³-hybridized carbons (Fsp3) is 0. The molecule has 11 aromatic rings. The fourth-order valence-corrected chi connectivity index (χ4v) is 10.4. The van der Waals surface area contributed by atoms with E-state index in [4.69, 9.17) is 0 Å². The van der Waals surface area contributed by atoms with Crippen LogP contribution in [0.15, 0.2) is 176 Å². The standard InChI is InChI=1S/C48H29NS2/c1-2-12-30(13-3-1)32-26-33(31-24-25-37-36-15-5-8-21-43(36)51-46(37)29-31)28-34(27-32)49-42-20-7-4-14-35(42)39-18-10-19-40(48(39)49)38-17-11-23-45-47(38)41-16-6-9-22-44(41)50-45/h1-29H. The van der Waals surface area contributed by atoms with Crippen molar-refractivity contribution in [1.82, 2.24) is 4.57 Å². The SMILES string of the molecule is c1ccc(-c2cc(-c3ccc4c(c3)sc3ccccc34)cc(-n3c4ccccc4c4cccc(-c5cccc6sc7ccccc7c56)c43)c2)cc1. The average Bonchev–Trinajstić information content (AvgIpc) is 3.87. The van der Waals surface area contributed by atoms with Crippen LogP contribution < -0.4 is 0 Å². The van der Waals surface area contributed by atoms with Gasteiger partial charge in [-0.1, -0.05) is 127 Å². The molecule has 1 nitrogen and oxygen atoms in total. The van der Waals surface area contributed by atoms with Crippen LogP contribution in [-0.2, 0) is 0 Å². The van der Waals surface area contributed by atoms with Gasteiger partial charge >= 0.3 is 0 Å². The van der Waals surface area contributed by atoms with Crippen LogP contribution in [-0.4, -0.2) is 4.57 Å². The summed E-state index contributed by atoms with van der Waals surface area (Å²) in [4.78, 5) is 0. The maximum Gasteiger partial charge on any atom is 0.0619 e. The van der Waals surface area contributed by atoms with E-state index in [0.29, 0.717) is 0 Å². The Labute approximate surface area is 302 Å². The average molecular weight is 684 g/mol. The van der Waals surface area contributed by atoms with Gasteiger partial charge in [-0.25, -0.2) is 0 Å². The molecular weight excluding hydrogens is 655 g/mol. The zero-order chi connectivity index (χ0) is 33.5. The Balaban J connectivity index is 1.22. The summed E-state index contributed by atoms with van der Waals surface area (Å²) in [7, 11) is 0. The van der Waals surface area contributed by atoms with Crippen LogP contribution in [0.5, 0.6) is 0 Å². The van der Waals surface area contributed by atoms with E-state index >= 15 is 0 Å². The normalized spacial score (nSPS) is 11.9. The molecule has 0 atom stereocenters. The zero-order valence-electron chi connectivity index (χ0n) is 27.5. The van der Waals surface area contributed by atoms with Crippen LogP contribution in [0.2, 0.25) is 0 Å². The highest BCUT2D eigenvalue weighted by atomic mass is 32.1. The smallest absolute Gasteiger partial charge is 0.0619 e. The summed E-state index contributed by atoms with van der Waals surface area (Å²) in [6, 6.07) is 65.0. The third-order valence-electron chi connectivity index (χ3n) is 10.4. The number of thiophene rings is 2. The third-order valence-corrected chi connectivity index (χ3v) is 12.7. The summed E-state index contributed by atoms with van der Waals surface area (Å²) in [6.07, 6.45) is 0. The van der Waals surface area contributed by atoms with Crippen LogP contribution in [0.1, 0.15) is 0 Å². The molecule has 0 aliphatic carbocycles. The maximum atomic E-state index is 2.52. The van der Waals surface area contributed by atoms with E-state index in [9.17, 15) is 0 Å². The van der Waals surface area contributed by atoms with E-state index in [1.54, 1.807) is 0 Å². The van der Waals surface area contributed by atoms with E-state index in [0.717, 1.165) is 5.69 Å². The number of rotatable bonds is 4. The first-order valence-corrected chi connectivity index (χ1v) is 19.0. The zero-order valence-corrected chi connectivity index (χ0v) is 29.1. The molecule has 11 rings (SSSR count). The molecule has 0 aliphatic heterocycles. The van der Waals surface area contributed by atoms with Crippen molar-refractivity contribution >= 4 is 84.8 Å². The van der Waals surface area contributed by atoms with Gasteiger partial charge in [0.1, 0.15) is 0 Å². The first-order valence-electron chi connectivity index (χ1n) is 17.3. The number of nitrogens with zero attached hydrogens (tertiary/aromatic N) is 1. The van der Waals surface area contributed by atoms with Crippen molar-refractivity contribution in [2.75, 3.05) is 0 Å². The molecule has 51 heavy (non-hydrogen) atoms. The Morgan fingerprint density at radius 2 is 0.941 bits per heavy atom. The van der Waals surface area contributed by atoms with Gasteiger partial charge in [0.25, 0.3) is 0 Å². The highest BCUT2D eigenvalue weighted by Gasteiger charge is 2.20. The Kier molecular flexibility index (Phi) is 6.36. The Morgan fingerprint density at radius 3 is 1.80 bits per heavy atom. The molecule has 3 heterocycles. The fourth-order valence-electron chi connectivity index (χ4n) is 8.11. The van der Waals surface area contributed by atoms with Gasteiger partial charge < -0.3 is 4.57 Å². The van der Waals surface area contributed by atoms with Gasteiger partial charge in [-0.05, 0) is 76.3 Å². The second-order valence-corrected chi connectivity index (χ2v) is 15.4. The molecule has 238 valence electrons. The maximum absolute atomic E-state index is 2.52. The first-order chi connectivity index (χ1) is 25.3. The van der Waals surface area contributed by atoms with Crippen molar-refractivity contribution in [3.63, 3.8) is 0 Å². The molecule has 0 saturated carbocycles. The second-order valence-electron chi connectivity index (χ2n) is 13.3. The summed E-state index contributed by atoms with van der Waals surface area (Å²) in [5.41, 5.74) is 11.0. The first kappa shape index (κ1) is 28.8. The summed E-state index contributed by atoms with van der Waals surface area (Å²) in [5.74, 6) is 0. The lowest BCUT2D eigenvalue weighted by Crippen LogP contribution is -1.97. The largest absolute Gasteiger partial charge is 0.309 e. The number of hydrogen-bond donors (Lipinski definition) is 0. The molecule has 0 bridgehead atoms. The number of hydrogen-bond acceptors (Lipinski definition) is 2. The molecular formula is C48H29NS2. The van der Waals surface area contributed by atoms with Crippen molar-refractivity contribution in [3.05, 3.63) is 176 Å². The number of aromatic nitrogens is 1. The number of para-hydroxylation sites is 2. The molecule has 3 heteroatoms. The van der Waals surface area contributed by atoms with Crippen molar-refractivity contribution in [2.24, 2.45) is 0 Å². The monoisotopic (exact) mass is 683 g/mol. The van der Waals surface area contributed by atoms with Crippen molar-refractivity contribution in [1.29, 1.82) is 0 Å². The van der Waals surface area contributed by atoms with Gasteiger partial charge in [0, 0.05) is 62.4 Å². The number of benzene rings is 8. The van der Waals surface area contributed by atoms with Crippen LogP contribution in [0.3, 0.4) is 0 Å². The van der Waals surface area contributed by atoms with Crippen LogP contribution >= 0.6 is 22.7 Å². The van der Waals surface area contributed by atoms with Gasteiger partial charge in [0.2, 0.25) is 0 Å². The quantitative estimate of drug-likeness (QED) is 0.174. The van der Waals surface area contributed by atoms with Crippen LogP contribution in [0.4, 0.5) is 0 Å². The molecule has 0 saturated heterocycles. The lowest BCUT2D eigenvalue weighted by molar-refractivity contribution is 1.18. The van der Waals surface area contributed by atoms with Crippen molar-refractivity contribution in [2.45, 2.75) is 0 Å². The minimum atomic E-state index is 1.16. The molecule has 0 aliphatic rings. The lowest BCUT2D eigenvalue weighted by Gasteiger charge is -2.16. The second kappa shape index (κ2) is 11.3. The summed E-state index contributed by atoms with van der Waals surface area (Å²) < 4.78 is 7.80. The molecule has 0 radical (unpaired) electrons. The van der Waals surface area contributed by atoms with Crippen molar-refractivity contribution < 1.29 is 0 Å². The van der Waals surface area contributed by atoms with Gasteiger partial charge in [-0.2, -0.15) is 0 Å². The minimum absolute atomic E-state index is 1.16. The van der Waals surface area contributed by atoms with E-state index in [1.165, 1.54) is 95.5 Å². The lowest BCUT2D eigenvalue weighted by atomic mass is 9.96. The molecule has 0 fully saturated rings. The van der Waals surface area contributed by atoms with Crippen molar-refractivity contribution in [3.8, 4) is 39.1 Å². The molecule has 0 unspecified atom stereocenters. The van der Waals surface area contributed by atoms with Crippen LogP contribution in [0, 0.1) is 0 Å². The molecule has 8 aromatic carbocycles. The van der Waals surface area contributed by atoms with Crippen LogP contribution in [0.25, 0.3) is 101 Å². The summed E-state index contributed by atoms with van der Waals surface area (Å²) in [5, 5.41) is 7.82. The molecule has 0 N–H and O–H groups in total. The van der Waals surface area contributed by atoms with Gasteiger partial charge in [-0.3, -0.25) is 0 Å². The minimum Gasteiger partial charge on any atom is -0.309 e. The molecule has 0 amide bonds. The Morgan fingerprint density at radius 1 is 0.333 bits per heavy atom. The van der Waals surface area contributed by atoms with E-state index in [-0.39, 0.29) is 0 Å². The topological polar surface area (TPSA) is 4.93 Å². The predicted octanol–water partition coefficient (Wildman–Crippen LogP) is 14.5. The van der Waals surface area contributed by atoms with Gasteiger partial charge in [0.05, 0.1) is 11.0 Å². The summed E-state index contributed by atoms with van der Waals surface area (Å²) in [6.45, 7) is 0. The highest BCUT2D eigenvalue weighted by Crippen LogP contribution is 2.45. The Bertz CT molecular complexity index is 3140. The van der Waals surface area contributed by atoms with E-state index in [2.05, 4.69) is 180 Å². The van der Waals surface area contributed by atoms with Gasteiger partial charge in [0.15, 0.2) is 0 Å². The molecule has 3 aromatic heterocycles. The van der Waals surface area contributed by atoms with E-state index < -0.39 is 0 Å². The highest BCUT2D eigenvalue weighted by molar-refractivity contribution is 7.26. The molecule has 0 spiro atoms. The van der Waals surface area contributed by atoms with Gasteiger partial charge in [-0.15, -0.1) is 22.7 Å². The summed E-state index contributed by atoms with van der Waals surface area (Å²) >= 11 is 3.75.